The zero-order chi connectivity index (χ0) is 14.0. The highest BCUT2D eigenvalue weighted by Gasteiger charge is 2.19. The molecule has 5 nitrogen and oxygen atoms in total. The molecule has 1 unspecified atom stereocenters. The number of imidazole rings is 1. The molecule has 0 saturated heterocycles. The van der Waals surface area contributed by atoms with E-state index in [1.54, 1.807) is 17.7 Å². The average molecular weight is 282 g/mol. The monoisotopic (exact) mass is 281 g/mol. The minimum Gasteiger partial charge on any atom is -0.465 e. The molecule has 2 heterocycles. The van der Waals surface area contributed by atoms with Crippen molar-refractivity contribution in [3.8, 4) is 0 Å². The SMILES string of the molecule is CCOC(=O)Cn1c(C(C)Cl)nc2c(C)ccnc21. The third-order valence-electron chi connectivity index (χ3n) is 2.81. The standard InChI is InChI=1S/C13H16ClN3O2/c1-4-19-10(18)7-17-12(9(3)14)16-11-8(2)5-6-15-13(11)17/h5-6,9H,4,7H2,1-3H3. The normalized spacial score (nSPS) is 12.6. The van der Waals surface area contributed by atoms with Crippen LogP contribution in [0.1, 0.15) is 30.6 Å². The van der Waals surface area contributed by atoms with Crippen molar-refractivity contribution < 1.29 is 9.53 Å². The zero-order valence-corrected chi connectivity index (χ0v) is 11.9. The summed E-state index contributed by atoms with van der Waals surface area (Å²) in [7, 11) is 0. The largest absolute Gasteiger partial charge is 0.465 e. The lowest BCUT2D eigenvalue weighted by Crippen LogP contribution is -2.16. The Balaban J connectivity index is 2.52. The number of hydrogen-bond donors (Lipinski definition) is 0. The maximum Gasteiger partial charge on any atom is 0.326 e. The number of carbonyl (C=O) groups excluding carboxylic acids is 1. The highest BCUT2D eigenvalue weighted by Crippen LogP contribution is 2.24. The fraction of sp³-hybridized carbons (Fsp3) is 0.462. The fourth-order valence-electron chi connectivity index (χ4n) is 1.95. The van der Waals surface area contributed by atoms with E-state index in [9.17, 15) is 4.79 Å². The summed E-state index contributed by atoms with van der Waals surface area (Å²) in [5.74, 6) is 0.315. The van der Waals surface area contributed by atoms with Crippen LogP contribution < -0.4 is 0 Å². The molecular formula is C13H16ClN3O2. The van der Waals surface area contributed by atoms with Crippen LogP contribution in [0.3, 0.4) is 0 Å². The Labute approximate surface area is 116 Å². The predicted molar refractivity (Wildman–Crippen MR) is 73.2 cm³/mol. The van der Waals surface area contributed by atoms with Crippen molar-refractivity contribution in [1.29, 1.82) is 0 Å². The van der Waals surface area contributed by atoms with Crippen molar-refractivity contribution in [3.63, 3.8) is 0 Å². The summed E-state index contributed by atoms with van der Waals surface area (Å²) >= 11 is 6.13. The molecule has 2 rings (SSSR count). The summed E-state index contributed by atoms with van der Waals surface area (Å²) in [6, 6.07) is 1.88. The van der Waals surface area contributed by atoms with Crippen molar-refractivity contribution in [2.45, 2.75) is 32.7 Å². The van der Waals surface area contributed by atoms with Gasteiger partial charge in [-0.15, -0.1) is 11.6 Å². The first kappa shape index (κ1) is 13.8. The number of nitrogens with zero attached hydrogens (tertiary/aromatic N) is 3. The Morgan fingerprint density at radius 1 is 1.58 bits per heavy atom. The van der Waals surface area contributed by atoms with E-state index in [4.69, 9.17) is 16.3 Å². The molecule has 0 aliphatic rings. The van der Waals surface area contributed by atoms with Gasteiger partial charge >= 0.3 is 5.97 Å². The van der Waals surface area contributed by atoms with Crippen LogP contribution in [-0.2, 0) is 16.1 Å². The van der Waals surface area contributed by atoms with Gasteiger partial charge in [0.25, 0.3) is 0 Å². The van der Waals surface area contributed by atoms with E-state index in [0.717, 1.165) is 11.1 Å². The van der Waals surface area contributed by atoms with Gasteiger partial charge < -0.3 is 9.30 Å². The van der Waals surface area contributed by atoms with Crippen LogP contribution in [0.4, 0.5) is 0 Å². The topological polar surface area (TPSA) is 57.0 Å². The zero-order valence-electron chi connectivity index (χ0n) is 11.2. The molecule has 6 heteroatoms. The second-order valence-electron chi connectivity index (χ2n) is 4.28. The van der Waals surface area contributed by atoms with Crippen molar-refractivity contribution >= 4 is 28.7 Å². The van der Waals surface area contributed by atoms with E-state index in [2.05, 4.69) is 9.97 Å². The van der Waals surface area contributed by atoms with E-state index in [1.165, 1.54) is 0 Å². The summed E-state index contributed by atoms with van der Waals surface area (Å²) in [6.45, 7) is 5.97. The maximum atomic E-state index is 11.7. The smallest absolute Gasteiger partial charge is 0.326 e. The van der Waals surface area contributed by atoms with Gasteiger partial charge in [-0.1, -0.05) is 0 Å². The molecule has 19 heavy (non-hydrogen) atoms. The van der Waals surface area contributed by atoms with E-state index in [1.807, 2.05) is 19.9 Å². The van der Waals surface area contributed by atoms with Gasteiger partial charge in [0.15, 0.2) is 5.65 Å². The summed E-state index contributed by atoms with van der Waals surface area (Å²) < 4.78 is 6.69. The van der Waals surface area contributed by atoms with E-state index >= 15 is 0 Å². The Hall–Kier alpha value is -1.62. The van der Waals surface area contributed by atoms with Gasteiger partial charge in [0.1, 0.15) is 17.9 Å². The molecule has 0 fully saturated rings. The summed E-state index contributed by atoms with van der Waals surface area (Å²) in [5, 5.41) is -0.303. The van der Waals surface area contributed by atoms with Gasteiger partial charge in [0, 0.05) is 6.20 Å². The number of ether oxygens (including phenoxy) is 1. The number of aryl methyl sites for hydroxylation is 1. The molecule has 2 aromatic rings. The number of rotatable bonds is 4. The second-order valence-corrected chi connectivity index (χ2v) is 4.93. The predicted octanol–water partition coefficient (Wildman–Crippen LogP) is 2.60. The molecule has 2 aromatic heterocycles. The average Bonchev–Trinajstić information content (AvgIpc) is 2.70. The Morgan fingerprint density at radius 2 is 2.32 bits per heavy atom. The van der Waals surface area contributed by atoms with Gasteiger partial charge in [-0.2, -0.15) is 0 Å². The molecule has 102 valence electrons. The first-order valence-corrected chi connectivity index (χ1v) is 6.59. The third kappa shape index (κ3) is 2.71. The van der Waals surface area contributed by atoms with Crippen molar-refractivity contribution in [3.05, 3.63) is 23.7 Å². The van der Waals surface area contributed by atoms with Gasteiger partial charge in [0.2, 0.25) is 0 Å². The minimum atomic E-state index is -0.316. The van der Waals surface area contributed by atoms with Crippen molar-refractivity contribution in [2.75, 3.05) is 6.61 Å². The second kappa shape index (κ2) is 5.57. The molecule has 0 aliphatic heterocycles. The van der Waals surface area contributed by atoms with Crippen LogP contribution in [0, 0.1) is 6.92 Å². The van der Waals surface area contributed by atoms with E-state index < -0.39 is 0 Å². The van der Waals surface area contributed by atoms with Crippen LogP contribution in [-0.4, -0.2) is 27.1 Å². The lowest BCUT2D eigenvalue weighted by Gasteiger charge is -2.09. The quantitative estimate of drug-likeness (QED) is 0.638. The van der Waals surface area contributed by atoms with E-state index in [-0.39, 0.29) is 17.9 Å². The number of halogens is 1. The molecule has 0 aromatic carbocycles. The van der Waals surface area contributed by atoms with Crippen molar-refractivity contribution in [2.24, 2.45) is 0 Å². The van der Waals surface area contributed by atoms with Crippen molar-refractivity contribution in [1.82, 2.24) is 14.5 Å². The number of hydrogen-bond acceptors (Lipinski definition) is 4. The molecule has 0 radical (unpaired) electrons. The fourth-order valence-corrected chi connectivity index (χ4v) is 2.12. The van der Waals surface area contributed by atoms with E-state index in [0.29, 0.717) is 18.1 Å². The molecule has 1 atom stereocenters. The summed E-state index contributed by atoms with van der Waals surface area (Å²) in [4.78, 5) is 20.5. The lowest BCUT2D eigenvalue weighted by atomic mass is 10.3. The number of pyridine rings is 1. The lowest BCUT2D eigenvalue weighted by molar-refractivity contribution is -0.143. The highest BCUT2D eigenvalue weighted by atomic mass is 35.5. The van der Waals surface area contributed by atoms with Crippen LogP contribution in [0.15, 0.2) is 12.3 Å². The number of esters is 1. The molecule has 0 saturated carbocycles. The van der Waals surface area contributed by atoms with Crippen LogP contribution >= 0.6 is 11.6 Å². The molecule has 0 amide bonds. The molecule has 0 aliphatic carbocycles. The Kier molecular flexibility index (Phi) is 4.04. The Bertz CT molecular complexity index is 607. The first-order chi connectivity index (χ1) is 9.04. The van der Waals surface area contributed by atoms with Crippen LogP contribution in [0.5, 0.6) is 0 Å². The van der Waals surface area contributed by atoms with Crippen LogP contribution in [0.25, 0.3) is 11.2 Å². The van der Waals surface area contributed by atoms with Gasteiger partial charge in [-0.05, 0) is 32.4 Å². The Morgan fingerprint density at radius 3 is 2.95 bits per heavy atom. The first-order valence-electron chi connectivity index (χ1n) is 6.16. The van der Waals surface area contributed by atoms with Gasteiger partial charge in [0.05, 0.1) is 12.0 Å². The number of alkyl halides is 1. The molecule has 0 spiro atoms. The summed E-state index contributed by atoms with van der Waals surface area (Å²) in [5.41, 5.74) is 2.44. The molecule has 0 bridgehead atoms. The molecule has 0 N–H and O–H groups in total. The minimum absolute atomic E-state index is 0.0766. The highest BCUT2D eigenvalue weighted by molar-refractivity contribution is 6.20. The number of fused-ring (bicyclic) bond motifs is 1. The molecular weight excluding hydrogens is 266 g/mol. The summed E-state index contributed by atoms with van der Waals surface area (Å²) in [6.07, 6.45) is 1.70. The van der Waals surface area contributed by atoms with Crippen LogP contribution in [0.2, 0.25) is 0 Å². The number of carbonyl (C=O) groups is 1. The third-order valence-corrected chi connectivity index (χ3v) is 3.01. The maximum absolute atomic E-state index is 11.7. The van der Waals surface area contributed by atoms with Gasteiger partial charge in [-0.25, -0.2) is 9.97 Å². The number of aromatic nitrogens is 3. The van der Waals surface area contributed by atoms with Gasteiger partial charge in [-0.3, -0.25) is 4.79 Å².